The van der Waals surface area contributed by atoms with Gasteiger partial charge in [0.05, 0.1) is 18.3 Å². The number of rotatable bonds is 9. The van der Waals surface area contributed by atoms with E-state index in [1.807, 2.05) is 42.2 Å². The Labute approximate surface area is 280 Å². The molecule has 3 aliphatic rings. The largest absolute Gasteiger partial charge is 0.482 e. The van der Waals surface area contributed by atoms with Crippen molar-refractivity contribution in [1.82, 2.24) is 9.62 Å². The summed E-state index contributed by atoms with van der Waals surface area (Å²) >= 11 is 13.1. The summed E-state index contributed by atoms with van der Waals surface area (Å²) in [5, 5.41) is 9.95. The topological polar surface area (TPSA) is 139 Å². The van der Waals surface area contributed by atoms with Crippen molar-refractivity contribution in [1.29, 1.82) is 0 Å². The quantitative estimate of drug-likeness (QED) is 0.283. The van der Waals surface area contributed by atoms with Gasteiger partial charge in [0.1, 0.15) is 5.76 Å². The van der Waals surface area contributed by atoms with Gasteiger partial charge in [-0.15, -0.1) is 0 Å². The van der Waals surface area contributed by atoms with Crippen LogP contribution in [0.3, 0.4) is 0 Å². The number of ether oxygens (including phenoxy) is 1. The minimum Gasteiger partial charge on any atom is -0.482 e. The predicted octanol–water partition coefficient (Wildman–Crippen LogP) is 6.24. The van der Waals surface area contributed by atoms with Gasteiger partial charge in [0.2, 0.25) is 10.0 Å². The maximum Gasteiger partial charge on any atom is 0.341 e. The summed E-state index contributed by atoms with van der Waals surface area (Å²) in [5.41, 5.74) is 11.8. The van der Waals surface area contributed by atoms with Gasteiger partial charge in [-0.2, -0.15) is 0 Å². The molecule has 1 fully saturated rings. The number of halogens is 2. The number of carbonyl (C=O) groups is 2. The van der Waals surface area contributed by atoms with Crippen molar-refractivity contribution in [3.05, 3.63) is 104 Å². The first-order valence-corrected chi connectivity index (χ1v) is 18.0. The first kappa shape index (κ1) is 34.2. The first-order chi connectivity index (χ1) is 21.8. The molecule has 1 aliphatic heterocycles. The van der Waals surface area contributed by atoms with Crippen LogP contribution in [0.5, 0.6) is 0 Å². The van der Waals surface area contributed by atoms with Crippen molar-refractivity contribution in [3.63, 3.8) is 0 Å². The van der Waals surface area contributed by atoms with E-state index < -0.39 is 40.7 Å². The Hall–Kier alpha value is -3.15. The molecule has 1 saturated carbocycles. The molecule has 2 aliphatic carbocycles. The molecule has 0 radical (unpaired) electrons. The number of allylic oxidation sites excluding steroid dienone is 3. The molecule has 246 valence electrons. The van der Waals surface area contributed by atoms with E-state index in [-0.39, 0.29) is 11.9 Å². The van der Waals surface area contributed by atoms with Crippen molar-refractivity contribution >= 4 is 45.1 Å². The number of sulfonamides is 1. The second kappa shape index (κ2) is 14.3. The van der Waals surface area contributed by atoms with E-state index in [0.29, 0.717) is 53.5 Å². The molecular formula is C34H39Cl2N3O6S. The number of amides is 1. The number of benzene rings is 2. The molecule has 0 spiro atoms. The number of nitrogens with zero attached hydrogens (tertiary/aromatic N) is 1. The SMILES string of the molecule is CC1=C(C(N)c2cccc3c2C[C@H](c2ccc(Cl)cc2Cl)N([C@H]2CCCCC2NS(C)(=O)=O)C3=O)C=CC(OCC(=O)O)=CCC1. The Balaban J connectivity index is 1.58. The number of hydrogen-bond acceptors (Lipinski definition) is 6. The highest BCUT2D eigenvalue weighted by Gasteiger charge is 2.43. The molecule has 9 nitrogen and oxygen atoms in total. The predicted molar refractivity (Wildman–Crippen MR) is 179 cm³/mol. The fourth-order valence-corrected chi connectivity index (χ4v) is 8.27. The summed E-state index contributed by atoms with van der Waals surface area (Å²) in [7, 11) is -3.52. The lowest BCUT2D eigenvalue weighted by Gasteiger charge is -2.47. The molecule has 5 rings (SSSR count). The molecule has 2 aromatic rings. The Morgan fingerprint density at radius 3 is 2.65 bits per heavy atom. The van der Waals surface area contributed by atoms with Crippen LogP contribution in [-0.2, 0) is 26.0 Å². The third-order valence-corrected chi connectivity index (χ3v) is 10.3. The molecular weight excluding hydrogens is 649 g/mol. The van der Waals surface area contributed by atoms with E-state index in [1.54, 1.807) is 24.3 Å². The van der Waals surface area contributed by atoms with Crippen molar-refractivity contribution in [3.8, 4) is 0 Å². The van der Waals surface area contributed by atoms with Crippen LogP contribution in [0.4, 0.5) is 0 Å². The van der Waals surface area contributed by atoms with Gasteiger partial charge >= 0.3 is 5.97 Å². The van der Waals surface area contributed by atoms with E-state index in [2.05, 4.69) is 4.72 Å². The number of nitrogens with one attached hydrogen (secondary N) is 1. The Morgan fingerprint density at radius 2 is 1.93 bits per heavy atom. The van der Waals surface area contributed by atoms with E-state index in [9.17, 15) is 18.0 Å². The molecule has 1 heterocycles. The zero-order chi connectivity index (χ0) is 33.2. The Bertz CT molecular complexity index is 1720. The third kappa shape index (κ3) is 7.69. The Kier molecular flexibility index (Phi) is 10.6. The number of carbonyl (C=O) groups excluding carboxylic acids is 1. The normalized spacial score (nSPS) is 22.9. The number of aliphatic carboxylic acids is 1. The van der Waals surface area contributed by atoms with Crippen molar-refractivity contribution in [2.45, 2.75) is 76.0 Å². The number of hydrogen-bond donors (Lipinski definition) is 3. The van der Waals surface area contributed by atoms with Gasteiger partial charge < -0.3 is 20.5 Å². The average molecular weight is 689 g/mol. The maximum absolute atomic E-state index is 14.6. The van der Waals surface area contributed by atoms with Gasteiger partial charge in [-0.1, -0.05) is 65.9 Å². The molecule has 0 aromatic heterocycles. The minimum atomic E-state index is -3.52. The highest BCUT2D eigenvalue weighted by Crippen LogP contribution is 2.43. The van der Waals surface area contributed by atoms with Crippen LogP contribution < -0.4 is 10.5 Å². The zero-order valence-electron chi connectivity index (χ0n) is 25.8. The number of carboxylic acid groups (broad SMARTS) is 1. The first-order valence-electron chi connectivity index (χ1n) is 15.4. The van der Waals surface area contributed by atoms with Crippen molar-refractivity contribution in [2.24, 2.45) is 5.73 Å². The summed E-state index contributed by atoms with van der Waals surface area (Å²) in [4.78, 5) is 27.5. The monoisotopic (exact) mass is 687 g/mol. The minimum absolute atomic E-state index is 0.204. The van der Waals surface area contributed by atoms with Gasteiger partial charge in [-0.05, 0) is 91.6 Å². The van der Waals surface area contributed by atoms with Crippen molar-refractivity contribution < 1.29 is 27.9 Å². The van der Waals surface area contributed by atoms with Gasteiger partial charge in [0.25, 0.3) is 5.91 Å². The fraction of sp³-hybridized carbons (Fsp3) is 0.412. The lowest BCUT2D eigenvalue weighted by Crippen LogP contribution is -2.57. The molecule has 0 bridgehead atoms. The van der Waals surface area contributed by atoms with Crippen LogP contribution in [0.25, 0.3) is 0 Å². The van der Waals surface area contributed by atoms with Crippen LogP contribution in [0, 0.1) is 0 Å². The average Bonchev–Trinajstić information content (AvgIpc) is 2.98. The van der Waals surface area contributed by atoms with E-state index in [4.69, 9.17) is 38.8 Å². The van der Waals surface area contributed by atoms with Gasteiger partial charge in [-0.25, -0.2) is 17.9 Å². The zero-order valence-corrected chi connectivity index (χ0v) is 28.2. The summed E-state index contributed by atoms with van der Waals surface area (Å²) in [5.74, 6) is -0.802. The van der Waals surface area contributed by atoms with Crippen LogP contribution >= 0.6 is 23.2 Å². The number of fused-ring (bicyclic) bond motifs is 1. The van der Waals surface area contributed by atoms with Gasteiger partial charge in [0.15, 0.2) is 6.61 Å². The van der Waals surface area contributed by atoms with E-state index >= 15 is 0 Å². The lowest BCUT2D eigenvalue weighted by atomic mass is 9.79. The molecule has 4 atom stereocenters. The molecule has 2 aromatic carbocycles. The van der Waals surface area contributed by atoms with Crippen LogP contribution in [-0.4, -0.2) is 55.2 Å². The standard InChI is InChI=1S/C34H39Cl2N3O6S/c1-20-7-5-8-22(45-19-32(40)41)14-16-23(20)33(37)24-9-6-10-25-27(24)18-31(26-15-13-21(35)17-28(26)36)39(34(25)42)30-12-4-3-11-29(30)38-46(2,43)44/h6,8-10,13-17,29-31,33,38H,3-5,7,11-12,18-19,37H2,1-2H3,(H,40,41)/t29?,30-,31+,33?/m0/s1. The molecule has 46 heavy (non-hydrogen) atoms. The third-order valence-electron chi connectivity index (χ3n) is 9.00. The Morgan fingerprint density at radius 1 is 1.17 bits per heavy atom. The van der Waals surface area contributed by atoms with Gasteiger partial charge in [0, 0.05) is 27.7 Å². The van der Waals surface area contributed by atoms with Crippen molar-refractivity contribution in [2.75, 3.05) is 12.9 Å². The molecule has 1 amide bonds. The van der Waals surface area contributed by atoms with E-state index in [1.165, 1.54) is 0 Å². The highest BCUT2D eigenvalue weighted by atomic mass is 35.5. The fourth-order valence-electron chi connectivity index (χ4n) is 6.91. The number of carboxylic acids is 1. The van der Waals surface area contributed by atoms with Crippen LogP contribution in [0.2, 0.25) is 10.0 Å². The summed E-state index contributed by atoms with van der Waals surface area (Å²) in [6.45, 7) is 1.58. The highest BCUT2D eigenvalue weighted by molar-refractivity contribution is 7.88. The second-order valence-electron chi connectivity index (χ2n) is 12.2. The summed E-state index contributed by atoms with van der Waals surface area (Å²) in [6.07, 6.45) is 11.4. The molecule has 0 saturated heterocycles. The number of nitrogens with two attached hydrogens (primary N) is 1. The lowest BCUT2D eigenvalue weighted by molar-refractivity contribution is -0.140. The molecule has 2 unspecified atom stereocenters. The summed E-state index contributed by atoms with van der Waals surface area (Å²) < 4.78 is 33.0. The van der Waals surface area contributed by atoms with Gasteiger partial charge in [-0.3, -0.25) is 4.79 Å². The van der Waals surface area contributed by atoms with Crippen LogP contribution in [0.1, 0.15) is 84.6 Å². The second-order valence-corrected chi connectivity index (χ2v) is 14.8. The summed E-state index contributed by atoms with van der Waals surface area (Å²) in [6, 6.07) is 8.91. The molecule has 12 heteroatoms. The smallest absolute Gasteiger partial charge is 0.341 e. The van der Waals surface area contributed by atoms with E-state index in [0.717, 1.165) is 46.9 Å². The van der Waals surface area contributed by atoms with Crippen LogP contribution in [0.15, 0.2) is 71.5 Å². The maximum atomic E-state index is 14.6. The molecule has 4 N–H and O–H groups in total.